The van der Waals surface area contributed by atoms with E-state index < -0.39 is 0 Å². The first-order valence-electron chi connectivity index (χ1n) is 7.39. The van der Waals surface area contributed by atoms with Crippen LogP contribution in [0.3, 0.4) is 0 Å². The van der Waals surface area contributed by atoms with Gasteiger partial charge in [-0.1, -0.05) is 49.4 Å². The van der Waals surface area contributed by atoms with Crippen molar-refractivity contribution in [2.75, 3.05) is 19.7 Å². The van der Waals surface area contributed by atoms with E-state index in [0.29, 0.717) is 0 Å². The van der Waals surface area contributed by atoms with Crippen LogP contribution in [0.2, 0.25) is 0 Å². The Bertz CT molecular complexity index is 479. The molecule has 2 heteroatoms. The molecule has 0 bridgehead atoms. The van der Waals surface area contributed by atoms with Crippen LogP contribution in [0.1, 0.15) is 19.8 Å². The third-order valence-corrected chi connectivity index (χ3v) is 3.23. The number of ether oxygens (including phenoxy) is 1. The molecule has 106 valence electrons. The summed E-state index contributed by atoms with van der Waals surface area (Å²) in [6.07, 6.45) is 2.25. The van der Waals surface area contributed by atoms with Crippen LogP contribution in [0.5, 0.6) is 5.75 Å². The van der Waals surface area contributed by atoms with Crippen LogP contribution >= 0.6 is 0 Å². The Hall–Kier alpha value is -1.80. The Morgan fingerprint density at radius 2 is 1.55 bits per heavy atom. The van der Waals surface area contributed by atoms with Crippen LogP contribution in [0, 0.1) is 0 Å². The third kappa shape index (κ3) is 4.71. The maximum absolute atomic E-state index is 5.75. The van der Waals surface area contributed by atoms with Crippen LogP contribution in [-0.2, 0) is 0 Å². The molecule has 20 heavy (non-hydrogen) atoms. The van der Waals surface area contributed by atoms with Crippen molar-refractivity contribution in [1.29, 1.82) is 0 Å². The highest BCUT2D eigenvalue weighted by atomic mass is 16.5. The van der Waals surface area contributed by atoms with Crippen LogP contribution in [0.4, 0.5) is 0 Å². The SMILES string of the molecule is CCNCCCCOc1ccc(-c2ccccc2)cc1. The Morgan fingerprint density at radius 3 is 2.25 bits per heavy atom. The smallest absolute Gasteiger partial charge is 0.119 e. The molecule has 0 aliphatic carbocycles. The first-order chi connectivity index (χ1) is 9.90. The van der Waals surface area contributed by atoms with E-state index in [4.69, 9.17) is 4.74 Å². The molecule has 0 aromatic heterocycles. The fourth-order valence-electron chi connectivity index (χ4n) is 2.09. The van der Waals surface area contributed by atoms with Gasteiger partial charge in [0.2, 0.25) is 0 Å². The Labute approximate surface area is 121 Å². The highest BCUT2D eigenvalue weighted by Crippen LogP contribution is 2.22. The van der Waals surface area contributed by atoms with Crippen molar-refractivity contribution in [2.45, 2.75) is 19.8 Å². The average molecular weight is 269 g/mol. The molecule has 2 nitrogen and oxygen atoms in total. The fourth-order valence-corrected chi connectivity index (χ4v) is 2.09. The normalized spacial score (nSPS) is 10.4. The average Bonchev–Trinajstić information content (AvgIpc) is 2.52. The van der Waals surface area contributed by atoms with E-state index in [1.54, 1.807) is 0 Å². The van der Waals surface area contributed by atoms with Gasteiger partial charge in [-0.05, 0) is 49.2 Å². The molecule has 2 aromatic rings. The maximum atomic E-state index is 5.75. The van der Waals surface area contributed by atoms with Gasteiger partial charge in [-0.15, -0.1) is 0 Å². The molecule has 0 unspecified atom stereocenters. The van der Waals surface area contributed by atoms with Crippen molar-refractivity contribution in [3.8, 4) is 16.9 Å². The molecule has 0 heterocycles. The molecule has 0 saturated heterocycles. The molecule has 2 aromatic carbocycles. The highest BCUT2D eigenvalue weighted by Gasteiger charge is 1.98. The Balaban J connectivity index is 1.77. The molecular weight excluding hydrogens is 246 g/mol. The van der Waals surface area contributed by atoms with Crippen molar-refractivity contribution >= 4 is 0 Å². The van der Waals surface area contributed by atoms with Gasteiger partial charge in [0.05, 0.1) is 6.61 Å². The third-order valence-electron chi connectivity index (χ3n) is 3.23. The number of nitrogens with one attached hydrogen (secondary N) is 1. The van der Waals surface area contributed by atoms with Gasteiger partial charge >= 0.3 is 0 Å². The molecule has 0 atom stereocenters. The van der Waals surface area contributed by atoms with Crippen molar-refractivity contribution in [3.05, 3.63) is 54.6 Å². The lowest BCUT2D eigenvalue weighted by Crippen LogP contribution is -2.14. The fraction of sp³-hybridized carbons (Fsp3) is 0.333. The van der Waals surface area contributed by atoms with Crippen molar-refractivity contribution < 1.29 is 4.74 Å². The van der Waals surface area contributed by atoms with E-state index >= 15 is 0 Å². The lowest BCUT2D eigenvalue weighted by Gasteiger charge is -2.07. The zero-order valence-corrected chi connectivity index (χ0v) is 12.1. The number of unbranched alkanes of at least 4 members (excludes halogenated alkanes) is 1. The van der Waals surface area contributed by atoms with Gasteiger partial charge in [0.25, 0.3) is 0 Å². The molecular formula is C18H23NO. The molecule has 0 fully saturated rings. The number of benzene rings is 2. The monoisotopic (exact) mass is 269 g/mol. The van der Waals surface area contributed by atoms with Gasteiger partial charge in [0.1, 0.15) is 5.75 Å². The molecule has 2 rings (SSSR count). The van der Waals surface area contributed by atoms with Gasteiger partial charge < -0.3 is 10.1 Å². The van der Waals surface area contributed by atoms with E-state index in [1.807, 2.05) is 18.2 Å². The molecule has 0 saturated carbocycles. The van der Waals surface area contributed by atoms with Gasteiger partial charge in [0, 0.05) is 0 Å². The first-order valence-corrected chi connectivity index (χ1v) is 7.39. The zero-order chi connectivity index (χ0) is 14.0. The quantitative estimate of drug-likeness (QED) is 0.728. The predicted molar refractivity (Wildman–Crippen MR) is 85.2 cm³/mol. The predicted octanol–water partition coefficient (Wildman–Crippen LogP) is 4.12. The summed E-state index contributed by atoms with van der Waals surface area (Å²) in [7, 11) is 0. The van der Waals surface area contributed by atoms with Crippen molar-refractivity contribution in [2.24, 2.45) is 0 Å². The Morgan fingerprint density at radius 1 is 0.850 bits per heavy atom. The van der Waals surface area contributed by atoms with E-state index in [2.05, 4.69) is 48.6 Å². The minimum absolute atomic E-state index is 0.788. The van der Waals surface area contributed by atoms with Crippen LogP contribution in [0.25, 0.3) is 11.1 Å². The van der Waals surface area contributed by atoms with E-state index in [1.165, 1.54) is 11.1 Å². The van der Waals surface area contributed by atoms with Gasteiger partial charge in [0.15, 0.2) is 0 Å². The summed E-state index contributed by atoms with van der Waals surface area (Å²) in [5, 5.41) is 3.32. The second kappa shape index (κ2) is 8.39. The van der Waals surface area contributed by atoms with E-state index in [0.717, 1.165) is 38.3 Å². The highest BCUT2D eigenvalue weighted by molar-refractivity contribution is 5.63. The van der Waals surface area contributed by atoms with Crippen molar-refractivity contribution in [1.82, 2.24) is 5.32 Å². The zero-order valence-electron chi connectivity index (χ0n) is 12.1. The summed E-state index contributed by atoms with van der Waals surface area (Å²) in [6, 6.07) is 18.7. The van der Waals surface area contributed by atoms with E-state index in [-0.39, 0.29) is 0 Å². The maximum Gasteiger partial charge on any atom is 0.119 e. The number of hydrogen-bond acceptors (Lipinski definition) is 2. The second-order valence-corrected chi connectivity index (χ2v) is 4.80. The lowest BCUT2D eigenvalue weighted by atomic mass is 10.1. The van der Waals surface area contributed by atoms with Crippen LogP contribution < -0.4 is 10.1 Å². The second-order valence-electron chi connectivity index (χ2n) is 4.80. The van der Waals surface area contributed by atoms with Gasteiger partial charge in [-0.2, -0.15) is 0 Å². The van der Waals surface area contributed by atoms with Gasteiger partial charge in [-0.25, -0.2) is 0 Å². The molecule has 0 radical (unpaired) electrons. The molecule has 0 spiro atoms. The summed E-state index contributed by atoms with van der Waals surface area (Å²) < 4.78 is 5.75. The molecule has 0 aliphatic heterocycles. The van der Waals surface area contributed by atoms with Crippen LogP contribution in [-0.4, -0.2) is 19.7 Å². The largest absolute Gasteiger partial charge is 0.494 e. The summed E-state index contributed by atoms with van der Waals surface area (Å²) in [4.78, 5) is 0. The van der Waals surface area contributed by atoms with Crippen LogP contribution in [0.15, 0.2) is 54.6 Å². The molecule has 0 aliphatic rings. The summed E-state index contributed by atoms with van der Waals surface area (Å²) in [6.45, 7) is 5.04. The minimum atomic E-state index is 0.788. The number of hydrogen-bond donors (Lipinski definition) is 1. The standard InChI is InChI=1S/C18H23NO/c1-2-19-14-6-7-15-20-18-12-10-17(11-13-18)16-8-4-3-5-9-16/h3-5,8-13,19H,2,6-7,14-15H2,1H3. The summed E-state index contributed by atoms with van der Waals surface area (Å²) >= 11 is 0. The van der Waals surface area contributed by atoms with Gasteiger partial charge in [-0.3, -0.25) is 0 Å². The Kier molecular flexibility index (Phi) is 6.12. The minimum Gasteiger partial charge on any atom is -0.494 e. The summed E-state index contributed by atoms with van der Waals surface area (Å²) in [5.41, 5.74) is 2.47. The molecule has 0 amide bonds. The van der Waals surface area contributed by atoms with E-state index in [9.17, 15) is 0 Å². The lowest BCUT2D eigenvalue weighted by molar-refractivity contribution is 0.306. The summed E-state index contributed by atoms with van der Waals surface area (Å²) in [5.74, 6) is 0.952. The first kappa shape index (κ1) is 14.6. The number of rotatable bonds is 8. The molecule has 1 N–H and O–H groups in total. The van der Waals surface area contributed by atoms with Crippen molar-refractivity contribution in [3.63, 3.8) is 0 Å². The topological polar surface area (TPSA) is 21.3 Å².